The molecule has 22 heavy (non-hydrogen) atoms. The van der Waals surface area contributed by atoms with Crippen molar-refractivity contribution in [1.82, 2.24) is 9.55 Å². The molecule has 7 heteroatoms. The SMILES string of the molecule is CC(C)(CF)C(O)C(Oc1ccc(Cl)cc1Cl)n1ccnc1. The van der Waals surface area contributed by atoms with Gasteiger partial charge in [-0.25, -0.2) is 4.98 Å². The van der Waals surface area contributed by atoms with Crippen LogP contribution < -0.4 is 4.74 Å². The number of imidazole rings is 1. The number of aliphatic hydroxyl groups is 1. The van der Waals surface area contributed by atoms with Crippen molar-refractivity contribution in [3.63, 3.8) is 0 Å². The number of hydrogen-bond acceptors (Lipinski definition) is 3. The molecule has 0 fully saturated rings. The van der Waals surface area contributed by atoms with Gasteiger partial charge in [0.15, 0.2) is 0 Å². The summed E-state index contributed by atoms with van der Waals surface area (Å²) in [7, 11) is 0. The molecule has 4 nitrogen and oxygen atoms in total. The maximum Gasteiger partial charge on any atom is 0.203 e. The lowest BCUT2D eigenvalue weighted by Gasteiger charge is -2.34. The average molecular weight is 347 g/mol. The number of aromatic nitrogens is 2. The van der Waals surface area contributed by atoms with Gasteiger partial charge in [0.1, 0.15) is 11.9 Å². The number of halogens is 3. The summed E-state index contributed by atoms with van der Waals surface area (Å²) < 4.78 is 20.6. The molecule has 0 bridgehead atoms. The fourth-order valence-corrected chi connectivity index (χ4v) is 2.33. The summed E-state index contributed by atoms with van der Waals surface area (Å²) in [5.41, 5.74) is -0.992. The van der Waals surface area contributed by atoms with Crippen molar-refractivity contribution in [2.45, 2.75) is 26.2 Å². The van der Waals surface area contributed by atoms with Gasteiger partial charge in [-0.1, -0.05) is 37.0 Å². The van der Waals surface area contributed by atoms with Gasteiger partial charge in [0.05, 0.1) is 18.0 Å². The van der Waals surface area contributed by atoms with Crippen LogP contribution in [0.25, 0.3) is 0 Å². The van der Waals surface area contributed by atoms with E-state index in [0.717, 1.165) is 0 Å². The van der Waals surface area contributed by atoms with Crippen molar-refractivity contribution in [2.75, 3.05) is 6.67 Å². The highest BCUT2D eigenvalue weighted by Crippen LogP contribution is 2.35. The Hall–Kier alpha value is -1.30. The van der Waals surface area contributed by atoms with Gasteiger partial charge in [0, 0.05) is 22.8 Å². The molecule has 1 aromatic carbocycles. The van der Waals surface area contributed by atoms with E-state index in [2.05, 4.69) is 4.98 Å². The molecule has 2 aromatic rings. The Labute approximate surface area is 138 Å². The maximum atomic E-state index is 13.2. The van der Waals surface area contributed by atoms with Crippen molar-refractivity contribution in [1.29, 1.82) is 0 Å². The zero-order valence-corrected chi connectivity index (χ0v) is 13.7. The van der Waals surface area contributed by atoms with Crippen molar-refractivity contribution in [2.24, 2.45) is 5.41 Å². The molecule has 0 saturated heterocycles. The highest BCUT2D eigenvalue weighted by Gasteiger charge is 2.37. The summed E-state index contributed by atoms with van der Waals surface area (Å²) >= 11 is 12.0. The van der Waals surface area contributed by atoms with Crippen LogP contribution in [0.4, 0.5) is 4.39 Å². The Morgan fingerprint density at radius 1 is 1.41 bits per heavy atom. The first-order valence-corrected chi connectivity index (χ1v) is 7.44. The second-order valence-electron chi connectivity index (χ2n) is 5.66. The first-order chi connectivity index (χ1) is 10.3. The van der Waals surface area contributed by atoms with E-state index in [1.165, 1.54) is 12.4 Å². The van der Waals surface area contributed by atoms with E-state index in [1.807, 2.05) is 0 Å². The Morgan fingerprint density at radius 3 is 2.68 bits per heavy atom. The molecule has 120 valence electrons. The first-order valence-electron chi connectivity index (χ1n) is 6.68. The topological polar surface area (TPSA) is 47.3 Å². The number of alkyl halides is 1. The second-order valence-corrected chi connectivity index (χ2v) is 6.50. The van der Waals surface area contributed by atoms with Gasteiger partial charge in [0.25, 0.3) is 0 Å². The number of ether oxygens (including phenoxy) is 1. The summed E-state index contributed by atoms with van der Waals surface area (Å²) in [6.07, 6.45) is 2.69. The lowest BCUT2D eigenvalue weighted by atomic mass is 9.87. The Morgan fingerprint density at radius 2 is 2.14 bits per heavy atom. The minimum absolute atomic E-state index is 0.308. The summed E-state index contributed by atoms with van der Waals surface area (Å²) in [6.45, 7) is 2.54. The number of benzene rings is 1. The number of hydrogen-bond donors (Lipinski definition) is 1. The Kier molecular flexibility index (Phi) is 5.32. The van der Waals surface area contributed by atoms with Gasteiger partial charge in [0.2, 0.25) is 6.23 Å². The van der Waals surface area contributed by atoms with Crippen LogP contribution in [0.5, 0.6) is 5.75 Å². The van der Waals surface area contributed by atoms with E-state index in [1.54, 1.807) is 42.9 Å². The second kappa shape index (κ2) is 6.86. The summed E-state index contributed by atoms with van der Waals surface area (Å²) in [5.74, 6) is 0.346. The predicted molar refractivity (Wildman–Crippen MR) is 84.1 cm³/mol. The van der Waals surface area contributed by atoms with Crippen molar-refractivity contribution in [3.05, 3.63) is 47.0 Å². The van der Waals surface area contributed by atoms with Gasteiger partial charge < -0.3 is 9.84 Å². The minimum Gasteiger partial charge on any atom is -0.466 e. The molecule has 0 aliphatic heterocycles. The third-order valence-electron chi connectivity index (χ3n) is 3.38. The van der Waals surface area contributed by atoms with Gasteiger partial charge in [-0.2, -0.15) is 0 Å². The van der Waals surface area contributed by atoms with E-state index in [-0.39, 0.29) is 0 Å². The van der Waals surface area contributed by atoms with Crippen LogP contribution in [0.1, 0.15) is 20.1 Å². The molecule has 0 spiro atoms. The number of aliphatic hydroxyl groups excluding tert-OH is 1. The molecule has 0 radical (unpaired) electrons. The van der Waals surface area contributed by atoms with Gasteiger partial charge in [-0.05, 0) is 18.2 Å². The molecule has 0 aliphatic rings. The summed E-state index contributed by atoms with van der Waals surface area (Å²) in [4.78, 5) is 3.94. The normalized spacial score (nSPS) is 14.6. The third-order valence-corrected chi connectivity index (χ3v) is 3.91. The van der Waals surface area contributed by atoms with Crippen molar-refractivity contribution >= 4 is 23.2 Å². The van der Waals surface area contributed by atoms with E-state index in [9.17, 15) is 9.50 Å². The molecule has 0 aliphatic carbocycles. The monoisotopic (exact) mass is 346 g/mol. The van der Waals surface area contributed by atoms with Crippen LogP contribution in [0.15, 0.2) is 36.9 Å². The molecule has 0 amide bonds. The zero-order chi connectivity index (χ0) is 16.3. The largest absolute Gasteiger partial charge is 0.466 e. The minimum atomic E-state index is -1.11. The van der Waals surface area contributed by atoms with Crippen LogP contribution >= 0.6 is 23.2 Å². The van der Waals surface area contributed by atoms with E-state index in [0.29, 0.717) is 15.8 Å². The van der Waals surface area contributed by atoms with Crippen molar-refractivity contribution in [3.8, 4) is 5.75 Å². The Balaban J connectivity index is 2.33. The standard InChI is InChI=1S/C15H17Cl2FN2O2/c1-15(2,8-18)13(21)14(20-6-5-19-9-20)22-12-4-3-10(16)7-11(12)17/h3-7,9,13-14,21H,8H2,1-2H3. The highest BCUT2D eigenvalue weighted by atomic mass is 35.5. The van der Waals surface area contributed by atoms with Crippen LogP contribution in [0, 0.1) is 5.41 Å². The molecular weight excluding hydrogens is 330 g/mol. The lowest BCUT2D eigenvalue weighted by molar-refractivity contribution is -0.0807. The van der Waals surface area contributed by atoms with E-state index in [4.69, 9.17) is 27.9 Å². The lowest BCUT2D eigenvalue weighted by Crippen LogP contribution is -2.41. The summed E-state index contributed by atoms with van der Waals surface area (Å²) in [5, 5.41) is 11.3. The highest BCUT2D eigenvalue weighted by molar-refractivity contribution is 6.35. The molecule has 2 unspecified atom stereocenters. The molecule has 0 saturated carbocycles. The smallest absolute Gasteiger partial charge is 0.203 e. The zero-order valence-electron chi connectivity index (χ0n) is 12.2. The molecule has 2 atom stereocenters. The quantitative estimate of drug-likeness (QED) is 0.855. The molecular formula is C15H17Cl2FN2O2. The number of rotatable bonds is 6. The first kappa shape index (κ1) is 17.1. The van der Waals surface area contributed by atoms with Gasteiger partial charge >= 0.3 is 0 Å². The fourth-order valence-electron chi connectivity index (χ4n) is 1.87. The third kappa shape index (κ3) is 3.72. The molecule has 1 N–H and O–H groups in total. The van der Waals surface area contributed by atoms with Gasteiger partial charge in [-0.15, -0.1) is 0 Å². The molecule has 1 heterocycles. The molecule has 2 rings (SSSR count). The predicted octanol–water partition coefficient (Wildman–Crippen LogP) is 4.12. The van der Waals surface area contributed by atoms with Gasteiger partial charge in [-0.3, -0.25) is 8.96 Å². The van der Waals surface area contributed by atoms with Crippen LogP contribution in [-0.2, 0) is 0 Å². The van der Waals surface area contributed by atoms with Crippen LogP contribution in [0.3, 0.4) is 0 Å². The summed E-state index contributed by atoms with van der Waals surface area (Å²) in [6, 6.07) is 4.76. The molecule has 1 aromatic heterocycles. The van der Waals surface area contributed by atoms with E-state index >= 15 is 0 Å². The van der Waals surface area contributed by atoms with E-state index < -0.39 is 24.4 Å². The van der Waals surface area contributed by atoms with Crippen LogP contribution in [-0.4, -0.2) is 27.4 Å². The average Bonchev–Trinajstić information content (AvgIpc) is 3.00. The fraction of sp³-hybridized carbons (Fsp3) is 0.400. The van der Waals surface area contributed by atoms with Crippen LogP contribution in [0.2, 0.25) is 10.0 Å². The maximum absolute atomic E-state index is 13.2. The number of nitrogens with zero attached hydrogens (tertiary/aromatic N) is 2. The Bertz CT molecular complexity index is 620. The van der Waals surface area contributed by atoms with Crippen molar-refractivity contribution < 1.29 is 14.2 Å².